The maximum atomic E-state index is 13.1. The number of halogens is 2. The van der Waals surface area contributed by atoms with E-state index in [2.05, 4.69) is 5.32 Å². The highest BCUT2D eigenvalue weighted by molar-refractivity contribution is 5.48. The maximum absolute atomic E-state index is 13.1. The SMILES string of the molecule is CCCOc1cccc(NCc2ccc(F)c(F)c2)c1. The summed E-state index contributed by atoms with van der Waals surface area (Å²) in [6, 6.07) is 11.4. The van der Waals surface area contributed by atoms with Gasteiger partial charge in [0, 0.05) is 18.3 Å². The third-order valence-corrected chi connectivity index (χ3v) is 2.79. The van der Waals surface area contributed by atoms with Crippen molar-refractivity contribution in [2.45, 2.75) is 19.9 Å². The molecule has 0 heterocycles. The Morgan fingerprint density at radius 3 is 2.65 bits per heavy atom. The van der Waals surface area contributed by atoms with E-state index in [1.807, 2.05) is 31.2 Å². The first kappa shape index (κ1) is 14.3. The van der Waals surface area contributed by atoms with Gasteiger partial charge < -0.3 is 10.1 Å². The summed E-state index contributed by atoms with van der Waals surface area (Å²) in [6.45, 7) is 3.15. The van der Waals surface area contributed by atoms with E-state index in [0.29, 0.717) is 18.7 Å². The molecule has 106 valence electrons. The van der Waals surface area contributed by atoms with Crippen LogP contribution in [0, 0.1) is 11.6 Å². The lowest BCUT2D eigenvalue weighted by Gasteiger charge is -2.09. The Morgan fingerprint density at radius 2 is 1.90 bits per heavy atom. The molecule has 2 nitrogen and oxygen atoms in total. The Hall–Kier alpha value is -2.10. The molecule has 0 aliphatic rings. The largest absolute Gasteiger partial charge is 0.494 e. The Labute approximate surface area is 117 Å². The van der Waals surface area contributed by atoms with Crippen LogP contribution in [0.4, 0.5) is 14.5 Å². The summed E-state index contributed by atoms with van der Waals surface area (Å²) < 4.78 is 31.4. The molecule has 0 spiro atoms. The van der Waals surface area contributed by atoms with Crippen LogP contribution in [0.1, 0.15) is 18.9 Å². The first-order valence-electron chi connectivity index (χ1n) is 6.59. The molecule has 0 amide bonds. The van der Waals surface area contributed by atoms with Gasteiger partial charge in [0.25, 0.3) is 0 Å². The fourth-order valence-corrected chi connectivity index (χ4v) is 1.77. The molecule has 2 rings (SSSR count). The molecule has 0 radical (unpaired) electrons. The van der Waals surface area contributed by atoms with Gasteiger partial charge in [0.15, 0.2) is 11.6 Å². The van der Waals surface area contributed by atoms with Crippen LogP contribution >= 0.6 is 0 Å². The van der Waals surface area contributed by atoms with Crippen molar-refractivity contribution in [3.63, 3.8) is 0 Å². The summed E-state index contributed by atoms with van der Waals surface area (Å²) in [5.74, 6) is -0.866. The van der Waals surface area contributed by atoms with E-state index in [-0.39, 0.29) is 0 Å². The number of hydrogen-bond acceptors (Lipinski definition) is 2. The number of nitrogens with one attached hydrogen (secondary N) is 1. The summed E-state index contributed by atoms with van der Waals surface area (Å²) in [5.41, 5.74) is 1.56. The normalized spacial score (nSPS) is 10.3. The van der Waals surface area contributed by atoms with Crippen molar-refractivity contribution < 1.29 is 13.5 Å². The van der Waals surface area contributed by atoms with E-state index >= 15 is 0 Å². The van der Waals surface area contributed by atoms with Crippen molar-refractivity contribution in [3.8, 4) is 5.75 Å². The van der Waals surface area contributed by atoms with Crippen LogP contribution < -0.4 is 10.1 Å². The summed E-state index contributed by atoms with van der Waals surface area (Å²) in [6.07, 6.45) is 0.951. The summed E-state index contributed by atoms with van der Waals surface area (Å²) in [7, 11) is 0. The lowest BCUT2D eigenvalue weighted by Crippen LogP contribution is -2.01. The smallest absolute Gasteiger partial charge is 0.159 e. The Kier molecular flexibility index (Phi) is 4.93. The average molecular weight is 277 g/mol. The minimum absolute atomic E-state index is 0.425. The monoisotopic (exact) mass is 277 g/mol. The Balaban J connectivity index is 1.97. The molecular formula is C16H17F2NO. The fraction of sp³-hybridized carbons (Fsp3) is 0.250. The van der Waals surface area contributed by atoms with Gasteiger partial charge >= 0.3 is 0 Å². The van der Waals surface area contributed by atoms with Crippen molar-refractivity contribution in [1.29, 1.82) is 0 Å². The molecule has 0 unspecified atom stereocenters. The van der Waals surface area contributed by atoms with Crippen LogP contribution in [0.25, 0.3) is 0 Å². The first-order chi connectivity index (χ1) is 9.69. The number of rotatable bonds is 6. The van der Waals surface area contributed by atoms with Gasteiger partial charge in [-0.05, 0) is 36.2 Å². The van der Waals surface area contributed by atoms with Gasteiger partial charge in [-0.1, -0.05) is 19.1 Å². The van der Waals surface area contributed by atoms with Crippen molar-refractivity contribution in [2.24, 2.45) is 0 Å². The molecule has 0 aliphatic carbocycles. The molecule has 2 aromatic rings. The minimum Gasteiger partial charge on any atom is -0.494 e. The molecular weight excluding hydrogens is 260 g/mol. The highest BCUT2D eigenvalue weighted by atomic mass is 19.2. The van der Waals surface area contributed by atoms with Gasteiger partial charge in [-0.3, -0.25) is 0 Å². The van der Waals surface area contributed by atoms with Crippen LogP contribution in [-0.4, -0.2) is 6.61 Å². The van der Waals surface area contributed by atoms with Crippen molar-refractivity contribution in [2.75, 3.05) is 11.9 Å². The second kappa shape index (κ2) is 6.89. The second-order valence-electron chi connectivity index (χ2n) is 4.48. The summed E-state index contributed by atoms with van der Waals surface area (Å²) >= 11 is 0. The average Bonchev–Trinajstić information content (AvgIpc) is 2.47. The van der Waals surface area contributed by atoms with Gasteiger partial charge in [0.05, 0.1) is 6.61 Å². The van der Waals surface area contributed by atoms with E-state index in [4.69, 9.17) is 4.74 Å². The Bertz CT molecular complexity index is 572. The van der Waals surface area contributed by atoms with Gasteiger partial charge in [-0.15, -0.1) is 0 Å². The lowest BCUT2D eigenvalue weighted by molar-refractivity contribution is 0.317. The third kappa shape index (κ3) is 3.95. The van der Waals surface area contributed by atoms with Gasteiger partial charge in [0.2, 0.25) is 0 Å². The second-order valence-corrected chi connectivity index (χ2v) is 4.48. The van der Waals surface area contributed by atoms with Gasteiger partial charge in [-0.2, -0.15) is 0 Å². The molecule has 20 heavy (non-hydrogen) atoms. The van der Waals surface area contributed by atoms with E-state index in [0.717, 1.165) is 23.9 Å². The zero-order chi connectivity index (χ0) is 14.4. The minimum atomic E-state index is -0.830. The highest BCUT2D eigenvalue weighted by Gasteiger charge is 2.02. The quantitative estimate of drug-likeness (QED) is 0.846. The van der Waals surface area contributed by atoms with Crippen LogP contribution in [0.15, 0.2) is 42.5 Å². The molecule has 4 heteroatoms. The van der Waals surface area contributed by atoms with Crippen molar-refractivity contribution in [3.05, 3.63) is 59.7 Å². The molecule has 2 aromatic carbocycles. The van der Waals surface area contributed by atoms with Crippen LogP contribution in [0.5, 0.6) is 5.75 Å². The van der Waals surface area contributed by atoms with E-state index in [9.17, 15) is 8.78 Å². The molecule has 0 saturated carbocycles. The number of hydrogen-bond donors (Lipinski definition) is 1. The fourth-order valence-electron chi connectivity index (χ4n) is 1.77. The van der Waals surface area contributed by atoms with Gasteiger partial charge in [-0.25, -0.2) is 8.78 Å². The zero-order valence-corrected chi connectivity index (χ0v) is 11.3. The maximum Gasteiger partial charge on any atom is 0.159 e. The predicted molar refractivity (Wildman–Crippen MR) is 75.9 cm³/mol. The van der Waals surface area contributed by atoms with Crippen molar-refractivity contribution >= 4 is 5.69 Å². The standard InChI is InChI=1S/C16H17F2NO/c1-2-8-20-14-5-3-4-13(10-14)19-11-12-6-7-15(17)16(18)9-12/h3-7,9-10,19H,2,8,11H2,1H3. The topological polar surface area (TPSA) is 21.3 Å². The number of anilines is 1. The van der Waals surface area contributed by atoms with Gasteiger partial charge in [0.1, 0.15) is 5.75 Å². The first-order valence-corrected chi connectivity index (χ1v) is 6.59. The molecule has 0 bridgehead atoms. The highest BCUT2D eigenvalue weighted by Crippen LogP contribution is 2.18. The van der Waals surface area contributed by atoms with Crippen LogP contribution in [0.2, 0.25) is 0 Å². The van der Waals surface area contributed by atoms with E-state index in [1.54, 1.807) is 6.07 Å². The predicted octanol–water partition coefficient (Wildman–Crippen LogP) is 4.37. The summed E-state index contributed by atoms with van der Waals surface area (Å²) in [4.78, 5) is 0. The van der Waals surface area contributed by atoms with E-state index < -0.39 is 11.6 Å². The molecule has 0 atom stereocenters. The molecule has 1 N–H and O–H groups in total. The molecule has 0 aromatic heterocycles. The summed E-state index contributed by atoms with van der Waals surface area (Å²) in [5, 5.41) is 3.16. The number of benzene rings is 2. The zero-order valence-electron chi connectivity index (χ0n) is 11.3. The number of ether oxygens (including phenoxy) is 1. The van der Waals surface area contributed by atoms with E-state index in [1.165, 1.54) is 6.07 Å². The molecule has 0 saturated heterocycles. The molecule has 0 aliphatic heterocycles. The Morgan fingerprint density at radius 1 is 1.05 bits per heavy atom. The molecule has 0 fully saturated rings. The van der Waals surface area contributed by atoms with Crippen molar-refractivity contribution in [1.82, 2.24) is 0 Å². The lowest BCUT2D eigenvalue weighted by atomic mass is 10.2. The van der Waals surface area contributed by atoms with Crippen LogP contribution in [-0.2, 0) is 6.54 Å². The third-order valence-electron chi connectivity index (χ3n) is 2.79. The van der Waals surface area contributed by atoms with Crippen LogP contribution in [0.3, 0.4) is 0 Å².